The van der Waals surface area contributed by atoms with Gasteiger partial charge in [0, 0.05) is 19.1 Å². The number of carboxylic acids is 1. The number of amides is 3. The monoisotopic (exact) mass is 373 g/mol. The lowest BCUT2D eigenvalue weighted by Gasteiger charge is -2.24. The minimum Gasteiger partial charge on any atom is -0.481 e. The summed E-state index contributed by atoms with van der Waals surface area (Å²) in [4.78, 5) is 37.5. The molecule has 1 heterocycles. The van der Waals surface area contributed by atoms with Crippen LogP contribution in [0.4, 0.5) is 4.79 Å². The van der Waals surface area contributed by atoms with Gasteiger partial charge in [-0.2, -0.15) is 0 Å². The van der Waals surface area contributed by atoms with Gasteiger partial charge in [0.05, 0.1) is 12.0 Å². The summed E-state index contributed by atoms with van der Waals surface area (Å²) in [7, 11) is 0. The van der Waals surface area contributed by atoms with E-state index < -0.39 is 17.4 Å². The second kappa shape index (κ2) is 8.36. The molecular weight excluding hydrogens is 346 g/mol. The van der Waals surface area contributed by atoms with E-state index in [-0.39, 0.29) is 36.8 Å². The molecule has 0 unspecified atom stereocenters. The van der Waals surface area contributed by atoms with Crippen LogP contribution in [-0.2, 0) is 9.59 Å². The van der Waals surface area contributed by atoms with Gasteiger partial charge in [-0.25, -0.2) is 4.79 Å². The molecule has 8 heteroatoms. The summed E-state index contributed by atoms with van der Waals surface area (Å²) in [6, 6.07) is -0.271. The molecule has 0 spiro atoms. The van der Waals surface area contributed by atoms with Gasteiger partial charge in [0.2, 0.25) is 5.91 Å². The number of aliphatic carboxylic acids is 1. The van der Waals surface area contributed by atoms with Crippen LogP contribution < -0.4 is 10.6 Å². The number of nitrogens with zero attached hydrogens (tertiary/aromatic N) is 1. The Balaban J connectivity index is 0.00000225. The first-order chi connectivity index (χ1) is 11.5. The summed E-state index contributed by atoms with van der Waals surface area (Å²) in [5.74, 6) is -0.981. The van der Waals surface area contributed by atoms with Crippen LogP contribution in [0.2, 0.25) is 0 Å². The number of carbonyl (C=O) groups excluding carboxylic acids is 2. The number of rotatable bonds is 4. The molecule has 3 N–H and O–H groups in total. The smallest absolute Gasteiger partial charge is 0.321 e. The number of halogens is 1. The highest BCUT2D eigenvalue weighted by Gasteiger charge is 2.54. The fourth-order valence-electron chi connectivity index (χ4n) is 4.70. The number of likely N-dealkylation sites (tertiary alicyclic amines) is 1. The van der Waals surface area contributed by atoms with Crippen LogP contribution in [-0.4, -0.2) is 53.6 Å². The molecular formula is C17H28ClN3O4. The van der Waals surface area contributed by atoms with E-state index in [9.17, 15) is 19.5 Å². The van der Waals surface area contributed by atoms with E-state index in [0.717, 1.165) is 38.5 Å². The maximum absolute atomic E-state index is 12.1. The Hall–Kier alpha value is -1.34. The molecule has 2 saturated carbocycles. The SMILES string of the molecule is Cl.O=C(CN1C[C@@H]2CCC[C@@]2(C(=O)O)C1)NC(=O)NC1CCCCC1. The number of hydrogen-bond acceptors (Lipinski definition) is 4. The molecule has 2 atom stereocenters. The van der Waals surface area contributed by atoms with Crippen molar-refractivity contribution in [3.05, 3.63) is 0 Å². The van der Waals surface area contributed by atoms with Crippen molar-refractivity contribution in [3.63, 3.8) is 0 Å². The molecule has 0 aromatic carbocycles. The van der Waals surface area contributed by atoms with E-state index in [0.29, 0.717) is 19.5 Å². The molecule has 142 valence electrons. The average Bonchev–Trinajstić information content (AvgIpc) is 3.05. The Morgan fingerprint density at radius 3 is 2.44 bits per heavy atom. The van der Waals surface area contributed by atoms with Crippen molar-refractivity contribution in [3.8, 4) is 0 Å². The molecule has 1 aliphatic heterocycles. The fourth-order valence-corrected chi connectivity index (χ4v) is 4.70. The second-order valence-corrected chi connectivity index (χ2v) is 7.58. The molecule has 25 heavy (non-hydrogen) atoms. The van der Waals surface area contributed by atoms with Crippen LogP contribution >= 0.6 is 12.4 Å². The molecule has 0 bridgehead atoms. The third-order valence-electron chi connectivity index (χ3n) is 5.93. The van der Waals surface area contributed by atoms with E-state index in [2.05, 4.69) is 10.6 Å². The van der Waals surface area contributed by atoms with Crippen LogP contribution in [0.5, 0.6) is 0 Å². The molecule has 2 aliphatic carbocycles. The van der Waals surface area contributed by atoms with Crippen LogP contribution in [0.1, 0.15) is 51.4 Å². The molecule has 0 aromatic heterocycles. The molecule has 3 fully saturated rings. The predicted molar refractivity (Wildman–Crippen MR) is 94.6 cm³/mol. The fraction of sp³-hybridized carbons (Fsp3) is 0.824. The van der Waals surface area contributed by atoms with Crippen molar-refractivity contribution in [2.45, 2.75) is 57.4 Å². The van der Waals surface area contributed by atoms with Crippen LogP contribution in [0.15, 0.2) is 0 Å². The molecule has 3 rings (SSSR count). The van der Waals surface area contributed by atoms with Crippen molar-refractivity contribution in [2.24, 2.45) is 11.3 Å². The van der Waals surface area contributed by atoms with Gasteiger partial charge < -0.3 is 10.4 Å². The van der Waals surface area contributed by atoms with Crippen molar-refractivity contribution < 1.29 is 19.5 Å². The van der Waals surface area contributed by atoms with E-state index in [1.807, 2.05) is 4.90 Å². The van der Waals surface area contributed by atoms with Gasteiger partial charge in [-0.05, 0) is 31.6 Å². The maximum atomic E-state index is 12.1. The largest absolute Gasteiger partial charge is 0.481 e. The number of carboxylic acid groups (broad SMARTS) is 1. The Labute approximate surface area is 154 Å². The normalized spacial score (nSPS) is 29.5. The Morgan fingerprint density at radius 1 is 1.08 bits per heavy atom. The number of imide groups is 1. The number of urea groups is 1. The van der Waals surface area contributed by atoms with Gasteiger partial charge in [0.1, 0.15) is 0 Å². The van der Waals surface area contributed by atoms with Crippen molar-refractivity contribution in [2.75, 3.05) is 19.6 Å². The molecule has 3 aliphatic rings. The number of fused-ring (bicyclic) bond motifs is 1. The maximum Gasteiger partial charge on any atom is 0.321 e. The quantitative estimate of drug-likeness (QED) is 0.697. The molecule has 7 nitrogen and oxygen atoms in total. The lowest BCUT2D eigenvalue weighted by atomic mass is 9.81. The molecule has 3 amide bonds. The summed E-state index contributed by atoms with van der Waals surface area (Å²) in [6.07, 6.45) is 7.92. The van der Waals surface area contributed by atoms with Crippen molar-refractivity contribution in [1.82, 2.24) is 15.5 Å². The summed E-state index contributed by atoms with van der Waals surface area (Å²) in [5, 5.41) is 14.8. The summed E-state index contributed by atoms with van der Waals surface area (Å²) in [6.45, 7) is 1.12. The Kier molecular flexibility index (Phi) is 6.68. The molecule has 0 aromatic rings. The zero-order valence-electron chi connectivity index (χ0n) is 14.5. The van der Waals surface area contributed by atoms with Crippen LogP contribution in [0, 0.1) is 11.3 Å². The first-order valence-electron chi connectivity index (χ1n) is 9.06. The summed E-state index contributed by atoms with van der Waals surface area (Å²) >= 11 is 0. The highest BCUT2D eigenvalue weighted by molar-refractivity contribution is 5.95. The van der Waals surface area contributed by atoms with Gasteiger partial charge in [-0.1, -0.05) is 25.7 Å². The van der Waals surface area contributed by atoms with Gasteiger partial charge >= 0.3 is 12.0 Å². The van der Waals surface area contributed by atoms with Crippen LogP contribution in [0.3, 0.4) is 0 Å². The van der Waals surface area contributed by atoms with Crippen molar-refractivity contribution >= 4 is 30.3 Å². The Morgan fingerprint density at radius 2 is 1.80 bits per heavy atom. The summed E-state index contributed by atoms with van der Waals surface area (Å²) < 4.78 is 0. The van der Waals surface area contributed by atoms with Crippen molar-refractivity contribution in [1.29, 1.82) is 0 Å². The van der Waals surface area contributed by atoms with Crippen LogP contribution in [0.25, 0.3) is 0 Å². The van der Waals surface area contributed by atoms with E-state index in [1.165, 1.54) is 6.42 Å². The number of hydrogen-bond donors (Lipinski definition) is 3. The van der Waals surface area contributed by atoms with E-state index in [1.54, 1.807) is 0 Å². The number of nitrogens with one attached hydrogen (secondary N) is 2. The minimum absolute atomic E-state index is 0. The first-order valence-corrected chi connectivity index (χ1v) is 9.06. The van der Waals surface area contributed by atoms with Gasteiger partial charge in [-0.3, -0.25) is 19.8 Å². The zero-order valence-corrected chi connectivity index (χ0v) is 15.3. The summed E-state index contributed by atoms with van der Waals surface area (Å²) in [5.41, 5.74) is -0.690. The zero-order chi connectivity index (χ0) is 17.2. The Bertz CT molecular complexity index is 524. The van der Waals surface area contributed by atoms with Gasteiger partial charge in [0.15, 0.2) is 0 Å². The second-order valence-electron chi connectivity index (χ2n) is 7.58. The third-order valence-corrected chi connectivity index (χ3v) is 5.93. The first kappa shape index (κ1) is 20.0. The van der Waals surface area contributed by atoms with E-state index in [4.69, 9.17) is 0 Å². The average molecular weight is 374 g/mol. The highest BCUT2D eigenvalue weighted by Crippen LogP contribution is 2.48. The lowest BCUT2D eigenvalue weighted by Crippen LogP contribution is -2.48. The topological polar surface area (TPSA) is 98.7 Å². The molecule has 1 saturated heterocycles. The van der Waals surface area contributed by atoms with Gasteiger partial charge in [0.25, 0.3) is 0 Å². The van der Waals surface area contributed by atoms with Gasteiger partial charge in [-0.15, -0.1) is 12.4 Å². The standard InChI is InChI=1S/C17H27N3O4.ClH/c21-14(19-16(24)18-13-6-2-1-3-7-13)10-20-9-12-5-4-8-17(12,11-20)15(22)23;/h12-13H,1-11H2,(H,22,23)(H2,18,19,21,24);1H/t12-,17+;/m0./s1. The number of carbonyl (C=O) groups is 3. The predicted octanol–water partition coefficient (Wildman–Crippen LogP) is 1.75. The third kappa shape index (κ3) is 4.44. The van der Waals surface area contributed by atoms with E-state index >= 15 is 0 Å². The molecule has 0 radical (unpaired) electrons. The minimum atomic E-state index is -0.747. The highest BCUT2D eigenvalue weighted by atomic mass is 35.5. The lowest BCUT2D eigenvalue weighted by molar-refractivity contribution is -0.149.